The molecule has 0 saturated heterocycles. The second-order valence-corrected chi connectivity index (χ2v) is 10.8. The van der Waals surface area contributed by atoms with Gasteiger partial charge in [0.25, 0.3) is 0 Å². The van der Waals surface area contributed by atoms with E-state index < -0.39 is 20.3 Å². The number of nitrogens with one attached hydrogen (secondary N) is 1. The summed E-state index contributed by atoms with van der Waals surface area (Å²) in [4.78, 5) is 0. The zero-order valence-electron chi connectivity index (χ0n) is 14.5. The Balaban J connectivity index is 4.22. The quantitative estimate of drug-likeness (QED) is 0.734. The van der Waals surface area contributed by atoms with E-state index in [1.807, 2.05) is 13.8 Å². The summed E-state index contributed by atoms with van der Waals surface area (Å²) in [5, 5.41) is 0. The van der Waals surface area contributed by atoms with Crippen molar-refractivity contribution >= 4 is 10.0 Å². The second-order valence-electron chi connectivity index (χ2n) is 8.32. The van der Waals surface area contributed by atoms with Gasteiger partial charge in [0.15, 0.2) is 0 Å². The summed E-state index contributed by atoms with van der Waals surface area (Å²) in [5.41, 5.74) is -0.277. The molecule has 0 bridgehead atoms. The van der Waals surface area contributed by atoms with E-state index in [-0.39, 0.29) is 0 Å². The maximum absolute atomic E-state index is 12.1. The topological polar surface area (TPSA) is 55.4 Å². The lowest BCUT2D eigenvalue weighted by Gasteiger charge is -2.30. The minimum absolute atomic E-state index is 0.312. The second kappa shape index (κ2) is 6.75. The van der Waals surface area contributed by atoms with Crippen molar-refractivity contribution in [3.05, 3.63) is 0 Å². The molecule has 0 atom stereocenters. The molecular weight excluding hydrogens is 274 g/mol. The van der Waals surface area contributed by atoms with Gasteiger partial charge in [-0.05, 0) is 52.9 Å². The molecule has 0 aromatic rings. The Labute approximate surface area is 125 Å². The molecule has 20 heavy (non-hydrogen) atoms. The van der Waals surface area contributed by atoms with E-state index in [4.69, 9.17) is 4.74 Å². The SMILES string of the molecule is CC(C)(C)CCCOCC(C)(C)NS(=O)(=O)C(C)(C)C. The van der Waals surface area contributed by atoms with Crippen molar-refractivity contribution in [2.24, 2.45) is 5.41 Å². The van der Waals surface area contributed by atoms with Gasteiger partial charge in [0, 0.05) is 6.61 Å². The zero-order valence-corrected chi connectivity index (χ0v) is 15.3. The van der Waals surface area contributed by atoms with Crippen molar-refractivity contribution in [1.29, 1.82) is 0 Å². The van der Waals surface area contributed by atoms with Crippen molar-refractivity contribution in [3.63, 3.8) is 0 Å². The molecule has 4 nitrogen and oxygen atoms in total. The standard InChI is InChI=1S/C15H33NO3S/c1-13(2,3)10-9-11-19-12-15(7,8)16-20(17,18)14(4,5)6/h16H,9-12H2,1-8H3. The van der Waals surface area contributed by atoms with Crippen LogP contribution in [0, 0.1) is 5.41 Å². The lowest BCUT2D eigenvalue weighted by molar-refractivity contribution is 0.0834. The number of sulfonamides is 1. The molecule has 0 spiro atoms. The molecule has 0 aliphatic rings. The Morgan fingerprint density at radius 1 is 0.950 bits per heavy atom. The lowest BCUT2D eigenvalue weighted by Crippen LogP contribution is -2.52. The van der Waals surface area contributed by atoms with Crippen LogP contribution in [0.4, 0.5) is 0 Å². The Bertz CT molecular complexity index is 386. The van der Waals surface area contributed by atoms with Crippen molar-refractivity contribution in [1.82, 2.24) is 4.72 Å². The summed E-state index contributed by atoms with van der Waals surface area (Å²) in [6.45, 7) is 16.4. The van der Waals surface area contributed by atoms with E-state index in [1.165, 1.54) is 0 Å². The molecule has 0 fully saturated rings. The molecule has 0 aromatic heterocycles. The third-order valence-corrected chi connectivity index (χ3v) is 5.33. The molecule has 122 valence electrons. The summed E-state index contributed by atoms with van der Waals surface area (Å²) in [6, 6.07) is 0. The van der Waals surface area contributed by atoms with E-state index >= 15 is 0 Å². The van der Waals surface area contributed by atoms with E-state index in [9.17, 15) is 8.42 Å². The molecule has 0 rings (SSSR count). The smallest absolute Gasteiger partial charge is 0.217 e. The third-order valence-electron chi connectivity index (χ3n) is 2.90. The molecular formula is C15H33NO3S. The van der Waals surface area contributed by atoms with E-state index in [2.05, 4.69) is 25.5 Å². The molecule has 1 N–H and O–H groups in total. The van der Waals surface area contributed by atoms with Crippen LogP contribution in [0.2, 0.25) is 0 Å². The first kappa shape index (κ1) is 19.9. The molecule has 0 saturated carbocycles. The van der Waals surface area contributed by atoms with Gasteiger partial charge in [-0.3, -0.25) is 0 Å². The summed E-state index contributed by atoms with van der Waals surface area (Å²) < 4.78 is 31.8. The van der Waals surface area contributed by atoms with E-state index in [1.54, 1.807) is 20.8 Å². The van der Waals surface area contributed by atoms with Crippen LogP contribution in [0.1, 0.15) is 68.2 Å². The van der Waals surface area contributed by atoms with Crippen molar-refractivity contribution in [2.75, 3.05) is 13.2 Å². The monoisotopic (exact) mass is 307 g/mol. The van der Waals surface area contributed by atoms with Crippen LogP contribution >= 0.6 is 0 Å². The third kappa shape index (κ3) is 8.22. The first-order chi connectivity index (χ1) is 8.66. The first-order valence-electron chi connectivity index (χ1n) is 7.28. The Morgan fingerprint density at radius 2 is 1.45 bits per heavy atom. The van der Waals surface area contributed by atoms with Gasteiger partial charge in [0.05, 0.1) is 16.9 Å². The van der Waals surface area contributed by atoms with E-state index in [0.717, 1.165) is 12.8 Å². The number of hydrogen-bond donors (Lipinski definition) is 1. The van der Waals surface area contributed by atoms with Crippen LogP contribution in [0.25, 0.3) is 0 Å². The van der Waals surface area contributed by atoms with Crippen LogP contribution < -0.4 is 4.72 Å². The highest BCUT2D eigenvalue weighted by Crippen LogP contribution is 2.21. The lowest BCUT2D eigenvalue weighted by atomic mass is 9.91. The summed E-state index contributed by atoms with van der Waals surface area (Å²) in [6.07, 6.45) is 2.09. The highest BCUT2D eigenvalue weighted by Gasteiger charge is 2.34. The van der Waals surface area contributed by atoms with Gasteiger partial charge in [-0.25, -0.2) is 13.1 Å². The minimum Gasteiger partial charge on any atom is -0.380 e. The van der Waals surface area contributed by atoms with Gasteiger partial charge in [-0.15, -0.1) is 0 Å². The predicted molar refractivity (Wildman–Crippen MR) is 85.4 cm³/mol. The Hall–Kier alpha value is -0.130. The molecule has 0 aliphatic carbocycles. The molecule has 0 aliphatic heterocycles. The van der Waals surface area contributed by atoms with E-state index in [0.29, 0.717) is 18.6 Å². The van der Waals surface area contributed by atoms with Crippen molar-refractivity contribution < 1.29 is 13.2 Å². The van der Waals surface area contributed by atoms with Gasteiger partial charge in [0.2, 0.25) is 10.0 Å². The van der Waals surface area contributed by atoms with Crippen molar-refractivity contribution in [3.8, 4) is 0 Å². The number of hydrogen-bond acceptors (Lipinski definition) is 3. The highest BCUT2D eigenvalue weighted by atomic mass is 32.2. The molecule has 0 heterocycles. The van der Waals surface area contributed by atoms with Gasteiger partial charge in [-0.1, -0.05) is 20.8 Å². The molecule has 0 amide bonds. The van der Waals surface area contributed by atoms with Gasteiger partial charge in [-0.2, -0.15) is 0 Å². The maximum atomic E-state index is 12.1. The van der Waals surface area contributed by atoms with Crippen LogP contribution in [-0.2, 0) is 14.8 Å². The maximum Gasteiger partial charge on any atom is 0.217 e. The Kier molecular flexibility index (Phi) is 6.71. The largest absolute Gasteiger partial charge is 0.380 e. The number of rotatable bonds is 7. The normalized spacial score (nSPS) is 14.6. The average Bonchev–Trinajstić information content (AvgIpc) is 2.10. The van der Waals surface area contributed by atoms with Gasteiger partial charge >= 0.3 is 0 Å². The number of ether oxygens (including phenoxy) is 1. The van der Waals surface area contributed by atoms with Crippen LogP contribution in [0.5, 0.6) is 0 Å². The highest BCUT2D eigenvalue weighted by molar-refractivity contribution is 7.90. The Morgan fingerprint density at radius 3 is 1.85 bits per heavy atom. The summed E-state index contributed by atoms with van der Waals surface area (Å²) in [5.74, 6) is 0. The van der Waals surface area contributed by atoms with Crippen LogP contribution in [-0.4, -0.2) is 31.9 Å². The fourth-order valence-corrected chi connectivity index (χ4v) is 2.67. The molecule has 0 aromatic carbocycles. The fourth-order valence-electron chi connectivity index (χ4n) is 1.58. The molecule has 0 unspecified atom stereocenters. The zero-order chi connectivity index (χ0) is 16.2. The van der Waals surface area contributed by atoms with Crippen LogP contribution in [0.3, 0.4) is 0 Å². The minimum atomic E-state index is -3.35. The predicted octanol–water partition coefficient (Wildman–Crippen LogP) is 3.33. The molecule has 0 radical (unpaired) electrons. The van der Waals surface area contributed by atoms with Crippen molar-refractivity contribution in [2.45, 2.75) is 78.5 Å². The van der Waals surface area contributed by atoms with Gasteiger partial charge in [0.1, 0.15) is 0 Å². The summed E-state index contributed by atoms with van der Waals surface area (Å²) >= 11 is 0. The molecule has 5 heteroatoms. The first-order valence-corrected chi connectivity index (χ1v) is 8.76. The summed E-state index contributed by atoms with van der Waals surface area (Å²) in [7, 11) is -3.35. The van der Waals surface area contributed by atoms with Gasteiger partial charge < -0.3 is 4.74 Å². The van der Waals surface area contributed by atoms with Crippen LogP contribution in [0.15, 0.2) is 0 Å². The average molecular weight is 308 g/mol. The fraction of sp³-hybridized carbons (Fsp3) is 1.00.